The number of benzene rings is 1. The molecular formula is C15H22N2O3. The summed E-state index contributed by atoms with van der Waals surface area (Å²) in [4.78, 5) is 25.7. The van der Waals surface area contributed by atoms with Gasteiger partial charge in [-0.2, -0.15) is 0 Å². The van der Waals surface area contributed by atoms with E-state index in [4.69, 9.17) is 4.74 Å². The maximum atomic E-state index is 12.2. The van der Waals surface area contributed by atoms with Gasteiger partial charge in [-0.05, 0) is 30.2 Å². The van der Waals surface area contributed by atoms with Crippen molar-refractivity contribution < 1.29 is 14.3 Å². The van der Waals surface area contributed by atoms with Crippen LogP contribution in [0.5, 0.6) is 5.75 Å². The van der Waals surface area contributed by atoms with Crippen molar-refractivity contribution in [2.75, 3.05) is 21.2 Å². The summed E-state index contributed by atoms with van der Waals surface area (Å²) in [6, 6.07) is 6.25. The van der Waals surface area contributed by atoms with Gasteiger partial charge in [-0.15, -0.1) is 0 Å². The van der Waals surface area contributed by atoms with Gasteiger partial charge in [-0.3, -0.25) is 9.59 Å². The monoisotopic (exact) mass is 278 g/mol. The van der Waals surface area contributed by atoms with E-state index in [2.05, 4.69) is 5.32 Å². The summed E-state index contributed by atoms with van der Waals surface area (Å²) in [5.41, 5.74) is 0.503. The molecule has 0 aliphatic rings. The van der Waals surface area contributed by atoms with Crippen molar-refractivity contribution >= 4 is 11.8 Å². The zero-order chi connectivity index (χ0) is 15.3. The van der Waals surface area contributed by atoms with E-state index in [9.17, 15) is 9.59 Å². The predicted molar refractivity (Wildman–Crippen MR) is 77.8 cm³/mol. The molecule has 0 fully saturated rings. The highest BCUT2D eigenvalue weighted by Crippen LogP contribution is 2.12. The summed E-state index contributed by atoms with van der Waals surface area (Å²) in [5.74, 6) is 0.335. The van der Waals surface area contributed by atoms with Crippen molar-refractivity contribution in [3.8, 4) is 5.75 Å². The Hall–Kier alpha value is -2.04. The smallest absolute Gasteiger partial charge is 0.251 e. The van der Waals surface area contributed by atoms with Gasteiger partial charge in [-0.25, -0.2) is 0 Å². The third kappa shape index (κ3) is 3.98. The molecule has 1 atom stereocenters. The van der Waals surface area contributed by atoms with Crippen LogP contribution in [-0.4, -0.2) is 44.0 Å². The fourth-order valence-electron chi connectivity index (χ4n) is 1.76. The van der Waals surface area contributed by atoms with Gasteiger partial charge in [0.05, 0.1) is 7.11 Å². The Morgan fingerprint density at radius 3 is 2.10 bits per heavy atom. The number of ether oxygens (including phenoxy) is 1. The SMILES string of the molecule is COc1ccc(C(=O)NC(C(=O)N(C)C)C(C)C)cc1. The van der Waals surface area contributed by atoms with Gasteiger partial charge in [0, 0.05) is 19.7 Å². The average molecular weight is 278 g/mol. The van der Waals surface area contributed by atoms with E-state index >= 15 is 0 Å². The zero-order valence-corrected chi connectivity index (χ0v) is 12.6. The lowest BCUT2D eigenvalue weighted by Crippen LogP contribution is -2.49. The first kappa shape index (κ1) is 16.0. The van der Waals surface area contributed by atoms with Crippen LogP contribution in [0.2, 0.25) is 0 Å². The summed E-state index contributed by atoms with van der Waals surface area (Å²) in [6.45, 7) is 3.81. The highest BCUT2D eigenvalue weighted by Gasteiger charge is 2.25. The Morgan fingerprint density at radius 2 is 1.70 bits per heavy atom. The second-order valence-corrected chi connectivity index (χ2v) is 5.16. The van der Waals surface area contributed by atoms with Crippen molar-refractivity contribution in [3.63, 3.8) is 0 Å². The number of likely N-dealkylation sites (N-methyl/N-ethyl adjacent to an activating group) is 1. The van der Waals surface area contributed by atoms with Gasteiger partial charge in [0.1, 0.15) is 11.8 Å². The van der Waals surface area contributed by atoms with Crippen molar-refractivity contribution in [1.82, 2.24) is 10.2 Å². The van der Waals surface area contributed by atoms with Crippen LogP contribution in [0.25, 0.3) is 0 Å². The Kier molecular flexibility index (Phi) is 5.55. The van der Waals surface area contributed by atoms with Crippen molar-refractivity contribution in [2.24, 2.45) is 5.92 Å². The highest BCUT2D eigenvalue weighted by atomic mass is 16.5. The van der Waals surface area contributed by atoms with Crippen molar-refractivity contribution in [3.05, 3.63) is 29.8 Å². The largest absolute Gasteiger partial charge is 0.497 e. The summed E-state index contributed by atoms with van der Waals surface area (Å²) in [7, 11) is 4.92. The first-order chi connectivity index (χ1) is 9.36. The number of nitrogens with one attached hydrogen (secondary N) is 1. The van der Waals surface area contributed by atoms with Gasteiger partial charge < -0.3 is 15.0 Å². The minimum Gasteiger partial charge on any atom is -0.497 e. The fraction of sp³-hybridized carbons (Fsp3) is 0.467. The number of amides is 2. The van der Waals surface area contributed by atoms with Crippen molar-refractivity contribution in [2.45, 2.75) is 19.9 Å². The molecule has 20 heavy (non-hydrogen) atoms. The lowest BCUT2D eigenvalue weighted by molar-refractivity contribution is -0.131. The first-order valence-corrected chi connectivity index (χ1v) is 6.53. The third-order valence-corrected chi connectivity index (χ3v) is 3.01. The molecule has 0 bridgehead atoms. The van der Waals surface area contributed by atoms with Crippen LogP contribution in [0, 0.1) is 5.92 Å². The zero-order valence-electron chi connectivity index (χ0n) is 12.6. The fourth-order valence-corrected chi connectivity index (χ4v) is 1.76. The van der Waals surface area contributed by atoms with Crippen LogP contribution in [0.3, 0.4) is 0 Å². The molecule has 2 amide bonds. The lowest BCUT2D eigenvalue weighted by atomic mass is 10.0. The number of hydrogen-bond donors (Lipinski definition) is 1. The van der Waals surface area contributed by atoms with Crippen LogP contribution >= 0.6 is 0 Å². The first-order valence-electron chi connectivity index (χ1n) is 6.53. The number of nitrogens with zero attached hydrogens (tertiary/aromatic N) is 1. The van der Waals surface area contributed by atoms with E-state index in [1.165, 1.54) is 4.90 Å². The minimum absolute atomic E-state index is 0.0205. The molecule has 1 N–H and O–H groups in total. The van der Waals surface area contributed by atoms with Gasteiger partial charge in [0.2, 0.25) is 5.91 Å². The van der Waals surface area contributed by atoms with E-state index < -0.39 is 6.04 Å². The van der Waals surface area contributed by atoms with E-state index in [1.807, 2.05) is 13.8 Å². The molecule has 1 rings (SSSR count). The van der Waals surface area contributed by atoms with Crippen LogP contribution in [0.1, 0.15) is 24.2 Å². The summed E-state index contributed by atoms with van der Waals surface area (Å²) >= 11 is 0. The normalized spacial score (nSPS) is 11.9. The molecule has 0 heterocycles. The molecule has 5 heteroatoms. The minimum atomic E-state index is -0.528. The molecule has 1 aromatic rings. The topological polar surface area (TPSA) is 58.6 Å². The molecule has 0 saturated carbocycles. The molecule has 0 spiro atoms. The van der Waals surface area contributed by atoms with Gasteiger partial charge >= 0.3 is 0 Å². The molecular weight excluding hydrogens is 256 g/mol. The molecule has 1 aromatic carbocycles. The van der Waals surface area contributed by atoms with Crippen LogP contribution in [0.4, 0.5) is 0 Å². The third-order valence-electron chi connectivity index (χ3n) is 3.01. The molecule has 0 saturated heterocycles. The van der Waals surface area contributed by atoms with Crippen LogP contribution in [-0.2, 0) is 4.79 Å². The summed E-state index contributed by atoms with van der Waals surface area (Å²) in [6.07, 6.45) is 0. The number of methoxy groups -OCH3 is 1. The Morgan fingerprint density at radius 1 is 1.15 bits per heavy atom. The molecule has 5 nitrogen and oxygen atoms in total. The summed E-state index contributed by atoms with van der Waals surface area (Å²) < 4.78 is 5.05. The molecule has 1 unspecified atom stereocenters. The predicted octanol–water partition coefficient (Wildman–Crippen LogP) is 1.54. The Balaban J connectivity index is 2.82. The molecule has 0 radical (unpaired) electrons. The van der Waals surface area contributed by atoms with Gasteiger partial charge in [0.15, 0.2) is 0 Å². The number of rotatable bonds is 5. The Labute approximate surface area is 119 Å². The standard InChI is InChI=1S/C15H22N2O3/c1-10(2)13(15(19)17(3)4)16-14(18)11-6-8-12(20-5)9-7-11/h6-10,13H,1-5H3,(H,16,18). The Bertz CT molecular complexity index is 467. The lowest BCUT2D eigenvalue weighted by Gasteiger charge is -2.24. The second-order valence-electron chi connectivity index (χ2n) is 5.16. The molecule has 110 valence electrons. The molecule has 0 aliphatic heterocycles. The molecule has 0 aliphatic carbocycles. The van der Waals surface area contributed by atoms with Crippen molar-refractivity contribution in [1.29, 1.82) is 0 Å². The maximum Gasteiger partial charge on any atom is 0.251 e. The quantitative estimate of drug-likeness (QED) is 0.888. The van der Waals surface area contributed by atoms with E-state index in [1.54, 1.807) is 45.5 Å². The number of hydrogen-bond acceptors (Lipinski definition) is 3. The van der Waals surface area contributed by atoms with Gasteiger partial charge in [0.25, 0.3) is 5.91 Å². The molecule has 0 aromatic heterocycles. The maximum absolute atomic E-state index is 12.2. The average Bonchev–Trinajstić information content (AvgIpc) is 2.43. The van der Waals surface area contributed by atoms with Crippen LogP contribution in [0.15, 0.2) is 24.3 Å². The summed E-state index contributed by atoms with van der Waals surface area (Å²) in [5, 5.41) is 2.78. The van der Waals surface area contributed by atoms with E-state index in [0.29, 0.717) is 11.3 Å². The highest BCUT2D eigenvalue weighted by molar-refractivity contribution is 5.97. The van der Waals surface area contributed by atoms with Gasteiger partial charge in [-0.1, -0.05) is 13.8 Å². The second kappa shape index (κ2) is 6.93. The number of carbonyl (C=O) groups excluding carboxylic acids is 2. The number of carbonyl (C=O) groups is 2. The van der Waals surface area contributed by atoms with Crippen LogP contribution < -0.4 is 10.1 Å². The van der Waals surface area contributed by atoms with E-state index in [-0.39, 0.29) is 17.7 Å². The van der Waals surface area contributed by atoms with E-state index in [0.717, 1.165) is 0 Å².